The van der Waals surface area contributed by atoms with Crippen LogP contribution in [0.5, 0.6) is 0 Å². The summed E-state index contributed by atoms with van der Waals surface area (Å²) in [6.07, 6.45) is 6.12. The lowest BCUT2D eigenvalue weighted by atomic mass is 10.0. The van der Waals surface area contributed by atoms with Crippen LogP contribution < -0.4 is 0 Å². The first-order chi connectivity index (χ1) is 11.9. The first-order valence-corrected chi connectivity index (χ1v) is 8.80. The summed E-state index contributed by atoms with van der Waals surface area (Å²) < 4.78 is 11.5. The fourth-order valence-electron chi connectivity index (χ4n) is 3.27. The van der Waals surface area contributed by atoms with Crippen molar-refractivity contribution in [3.05, 3.63) is 59.8 Å². The largest absolute Gasteiger partial charge is 0.422 e. The molecule has 4 nitrogen and oxygen atoms in total. The standard InChI is InChI=1S/C20H22N2O2/c1-2-8-17-14-15(11-12-16(17)7-1)6-5-10-19-21-22-20(24-19)18-9-3-4-13-23-18/h1-2,7-8,11-12,14,18H,3-6,9-10,13H2. The Morgan fingerprint density at radius 2 is 1.88 bits per heavy atom. The van der Waals surface area contributed by atoms with Crippen molar-refractivity contribution in [3.8, 4) is 0 Å². The second-order valence-electron chi connectivity index (χ2n) is 6.42. The summed E-state index contributed by atoms with van der Waals surface area (Å²) in [4.78, 5) is 0. The Morgan fingerprint density at radius 3 is 2.75 bits per heavy atom. The molecule has 1 atom stereocenters. The molecule has 24 heavy (non-hydrogen) atoms. The van der Waals surface area contributed by atoms with E-state index in [0.717, 1.165) is 44.6 Å². The maximum absolute atomic E-state index is 5.78. The number of ether oxygens (including phenoxy) is 1. The SMILES string of the molecule is c1ccc2cc(CCCc3nnc(C4CCCCO4)o3)ccc2c1. The predicted octanol–water partition coefficient (Wildman–Crippen LogP) is 4.64. The highest BCUT2D eigenvalue weighted by molar-refractivity contribution is 5.82. The van der Waals surface area contributed by atoms with Crippen LogP contribution in [0.25, 0.3) is 10.8 Å². The minimum absolute atomic E-state index is 0.000452. The van der Waals surface area contributed by atoms with Gasteiger partial charge < -0.3 is 9.15 Å². The van der Waals surface area contributed by atoms with Crippen molar-refractivity contribution in [1.82, 2.24) is 10.2 Å². The molecule has 0 N–H and O–H groups in total. The van der Waals surface area contributed by atoms with Gasteiger partial charge in [0.15, 0.2) is 0 Å². The lowest BCUT2D eigenvalue weighted by Crippen LogP contribution is -2.11. The van der Waals surface area contributed by atoms with Gasteiger partial charge in [-0.05, 0) is 48.4 Å². The zero-order valence-electron chi connectivity index (χ0n) is 13.8. The second-order valence-corrected chi connectivity index (χ2v) is 6.42. The van der Waals surface area contributed by atoms with Gasteiger partial charge in [-0.15, -0.1) is 10.2 Å². The van der Waals surface area contributed by atoms with Crippen molar-refractivity contribution in [2.24, 2.45) is 0 Å². The van der Waals surface area contributed by atoms with Crippen LogP contribution in [0.15, 0.2) is 46.9 Å². The Hall–Kier alpha value is -2.20. The number of hydrogen-bond acceptors (Lipinski definition) is 4. The van der Waals surface area contributed by atoms with E-state index in [1.807, 2.05) is 0 Å². The first-order valence-electron chi connectivity index (χ1n) is 8.80. The third-order valence-corrected chi connectivity index (χ3v) is 4.61. The molecule has 1 aliphatic heterocycles. The fourth-order valence-corrected chi connectivity index (χ4v) is 3.27. The molecule has 1 fully saturated rings. The Labute approximate surface area is 141 Å². The smallest absolute Gasteiger partial charge is 0.245 e. The van der Waals surface area contributed by atoms with E-state index in [1.54, 1.807) is 0 Å². The topological polar surface area (TPSA) is 48.2 Å². The highest BCUT2D eigenvalue weighted by atomic mass is 16.5. The number of rotatable bonds is 5. The van der Waals surface area contributed by atoms with Gasteiger partial charge in [-0.25, -0.2) is 0 Å². The molecular weight excluding hydrogens is 300 g/mol. The molecule has 2 heterocycles. The molecule has 0 amide bonds. The quantitative estimate of drug-likeness (QED) is 0.686. The molecule has 4 rings (SSSR count). The van der Waals surface area contributed by atoms with E-state index >= 15 is 0 Å². The molecule has 2 aromatic carbocycles. The highest BCUT2D eigenvalue weighted by Crippen LogP contribution is 2.27. The molecule has 0 radical (unpaired) electrons. The summed E-state index contributed by atoms with van der Waals surface area (Å²) in [6.45, 7) is 0.796. The van der Waals surface area contributed by atoms with Crippen LogP contribution >= 0.6 is 0 Å². The van der Waals surface area contributed by atoms with E-state index in [0.29, 0.717) is 5.89 Å². The van der Waals surface area contributed by atoms with E-state index < -0.39 is 0 Å². The maximum atomic E-state index is 5.78. The van der Waals surface area contributed by atoms with Crippen LogP contribution in [0.2, 0.25) is 0 Å². The van der Waals surface area contributed by atoms with Crippen molar-refractivity contribution >= 4 is 10.8 Å². The molecule has 4 heteroatoms. The van der Waals surface area contributed by atoms with Gasteiger partial charge in [0.05, 0.1) is 0 Å². The molecule has 1 aromatic heterocycles. The second kappa shape index (κ2) is 7.14. The van der Waals surface area contributed by atoms with E-state index in [1.165, 1.54) is 22.8 Å². The molecule has 0 bridgehead atoms. The van der Waals surface area contributed by atoms with Gasteiger partial charge in [0.2, 0.25) is 11.8 Å². The Balaban J connectivity index is 1.34. The molecular formula is C20H22N2O2. The minimum Gasteiger partial charge on any atom is -0.422 e. The van der Waals surface area contributed by atoms with Crippen LogP contribution in [0.4, 0.5) is 0 Å². The molecule has 1 unspecified atom stereocenters. The van der Waals surface area contributed by atoms with Crippen molar-refractivity contribution in [1.29, 1.82) is 0 Å². The third kappa shape index (κ3) is 3.49. The zero-order chi connectivity index (χ0) is 16.2. The number of benzene rings is 2. The third-order valence-electron chi connectivity index (χ3n) is 4.61. The summed E-state index contributed by atoms with van der Waals surface area (Å²) in [6, 6.07) is 15.1. The van der Waals surface area contributed by atoms with Gasteiger partial charge in [0.25, 0.3) is 0 Å². The van der Waals surface area contributed by atoms with Crippen molar-refractivity contribution < 1.29 is 9.15 Å². The zero-order valence-corrected chi connectivity index (χ0v) is 13.8. The van der Waals surface area contributed by atoms with Crippen molar-refractivity contribution in [2.75, 3.05) is 6.61 Å². The molecule has 1 saturated heterocycles. The molecule has 0 saturated carbocycles. The Bertz CT molecular complexity index is 806. The van der Waals surface area contributed by atoms with Gasteiger partial charge in [0.1, 0.15) is 6.10 Å². The van der Waals surface area contributed by atoms with Crippen LogP contribution in [0.1, 0.15) is 49.1 Å². The van der Waals surface area contributed by atoms with Gasteiger partial charge in [0, 0.05) is 13.0 Å². The van der Waals surface area contributed by atoms with Crippen molar-refractivity contribution in [3.63, 3.8) is 0 Å². The van der Waals surface area contributed by atoms with Gasteiger partial charge in [-0.3, -0.25) is 0 Å². The predicted molar refractivity (Wildman–Crippen MR) is 92.8 cm³/mol. The summed E-state index contributed by atoms with van der Waals surface area (Å²) in [5, 5.41) is 10.9. The van der Waals surface area contributed by atoms with E-state index in [9.17, 15) is 0 Å². The monoisotopic (exact) mass is 322 g/mol. The molecule has 3 aromatic rings. The van der Waals surface area contributed by atoms with Gasteiger partial charge >= 0.3 is 0 Å². The average molecular weight is 322 g/mol. The summed E-state index contributed by atoms with van der Waals surface area (Å²) >= 11 is 0. The van der Waals surface area contributed by atoms with E-state index in [2.05, 4.69) is 52.7 Å². The number of aryl methyl sites for hydroxylation is 2. The van der Waals surface area contributed by atoms with Gasteiger partial charge in [-0.1, -0.05) is 42.5 Å². The van der Waals surface area contributed by atoms with Crippen molar-refractivity contribution in [2.45, 2.75) is 44.6 Å². The minimum atomic E-state index is 0.000452. The number of hydrogen-bond donors (Lipinski definition) is 0. The van der Waals surface area contributed by atoms with Crippen LogP contribution in [-0.2, 0) is 17.6 Å². The lowest BCUT2D eigenvalue weighted by Gasteiger charge is -2.18. The molecule has 0 aliphatic carbocycles. The Kier molecular flexibility index (Phi) is 4.56. The maximum Gasteiger partial charge on any atom is 0.245 e. The van der Waals surface area contributed by atoms with Crippen LogP contribution in [0.3, 0.4) is 0 Å². The van der Waals surface area contributed by atoms with Crippen LogP contribution in [0, 0.1) is 0 Å². The molecule has 124 valence electrons. The van der Waals surface area contributed by atoms with Gasteiger partial charge in [-0.2, -0.15) is 0 Å². The number of aromatic nitrogens is 2. The fraction of sp³-hybridized carbons (Fsp3) is 0.400. The normalized spacial score (nSPS) is 18.1. The lowest BCUT2D eigenvalue weighted by molar-refractivity contribution is -0.00211. The van der Waals surface area contributed by atoms with E-state index in [-0.39, 0.29) is 6.10 Å². The van der Waals surface area contributed by atoms with E-state index in [4.69, 9.17) is 9.15 Å². The number of fused-ring (bicyclic) bond motifs is 1. The summed E-state index contributed by atoms with van der Waals surface area (Å²) in [5.74, 6) is 1.37. The number of nitrogens with zero attached hydrogens (tertiary/aromatic N) is 2. The van der Waals surface area contributed by atoms with Crippen LogP contribution in [-0.4, -0.2) is 16.8 Å². The average Bonchev–Trinajstić information content (AvgIpc) is 3.11. The highest BCUT2D eigenvalue weighted by Gasteiger charge is 2.21. The summed E-state index contributed by atoms with van der Waals surface area (Å²) in [5.41, 5.74) is 1.35. The summed E-state index contributed by atoms with van der Waals surface area (Å²) in [7, 11) is 0. The molecule has 0 spiro atoms. The first kappa shape index (κ1) is 15.3. The Morgan fingerprint density at radius 1 is 0.958 bits per heavy atom. The molecule has 1 aliphatic rings.